The topological polar surface area (TPSA) is 96.0 Å². The lowest BCUT2D eigenvalue weighted by atomic mass is 9.94. The zero-order chi connectivity index (χ0) is 35.0. The van der Waals surface area contributed by atoms with Crippen molar-refractivity contribution in [1.82, 2.24) is 10.2 Å². The molecule has 258 valence electrons. The normalized spacial score (nSPS) is 14.1. The first-order chi connectivity index (χ1) is 23.5. The third-order valence-electron chi connectivity index (χ3n) is 8.79. The second-order valence-corrected chi connectivity index (χ2v) is 15.6. The molecule has 0 spiro atoms. The average Bonchev–Trinajstić information content (AvgIpc) is 3.10. The van der Waals surface area contributed by atoms with Crippen LogP contribution in [0, 0.1) is 6.92 Å². The summed E-state index contributed by atoms with van der Waals surface area (Å²) in [7, 11) is -2.89. The van der Waals surface area contributed by atoms with Crippen LogP contribution in [0.2, 0.25) is 5.02 Å². The molecule has 11 heteroatoms. The zero-order valence-corrected chi connectivity index (χ0v) is 30.8. The van der Waals surface area contributed by atoms with Crippen LogP contribution in [0.1, 0.15) is 48.8 Å². The number of halogens is 2. The van der Waals surface area contributed by atoms with Crippen LogP contribution in [0.5, 0.6) is 5.75 Å². The van der Waals surface area contributed by atoms with Gasteiger partial charge in [-0.25, -0.2) is 8.42 Å². The van der Waals surface area contributed by atoms with E-state index in [1.807, 2.05) is 61.5 Å². The number of hydrogen-bond acceptors (Lipinski definition) is 5. The van der Waals surface area contributed by atoms with E-state index in [4.69, 9.17) is 16.3 Å². The van der Waals surface area contributed by atoms with E-state index in [1.54, 1.807) is 24.3 Å². The van der Waals surface area contributed by atoms with Gasteiger partial charge >= 0.3 is 0 Å². The fourth-order valence-electron chi connectivity index (χ4n) is 6.09. The highest BCUT2D eigenvalue weighted by Gasteiger charge is 2.36. The molecule has 5 rings (SSSR count). The third-order valence-corrected chi connectivity index (χ3v) is 11.3. The van der Waals surface area contributed by atoms with Crippen molar-refractivity contribution in [2.75, 3.05) is 18.0 Å². The van der Waals surface area contributed by atoms with Crippen molar-refractivity contribution in [2.24, 2.45) is 0 Å². The van der Waals surface area contributed by atoms with Gasteiger partial charge in [-0.1, -0.05) is 107 Å². The molecule has 49 heavy (non-hydrogen) atoms. The van der Waals surface area contributed by atoms with Crippen molar-refractivity contribution in [2.45, 2.75) is 69.0 Å². The Balaban J connectivity index is 1.60. The summed E-state index contributed by atoms with van der Waals surface area (Å²) in [5, 5.41) is 3.50. The molecule has 1 aliphatic rings. The zero-order valence-electron chi connectivity index (χ0n) is 27.6. The smallest absolute Gasteiger partial charge is 0.264 e. The molecule has 0 aromatic heterocycles. The van der Waals surface area contributed by atoms with Gasteiger partial charge in [-0.3, -0.25) is 13.9 Å². The standard InChI is InChI=1S/C38H41BrClN3O5S/c1-27-13-20-33(21-14-27)49(46,47)43(34-24-31(40)19-22-36(34)48-2)26-37(44)42(25-29-15-17-30(39)18-16-29)35(23-28-9-5-3-6-10-28)38(45)41-32-11-7-4-8-12-32/h3,5-6,9-10,13-22,24,32,35H,4,7-8,11-12,23,25-26H2,1-2H3,(H,41,45)/t35-/m0/s1. The van der Waals surface area contributed by atoms with E-state index in [9.17, 15) is 18.0 Å². The number of carbonyl (C=O) groups is 2. The lowest BCUT2D eigenvalue weighted by Gasteiger charge is -2.35. The maximum Gasteiger partial charge on any atom is 0.264 e. The summed E-state index contributed by atoms with van der Waals surface area (Å²) >= 11 is 9.88. The van der Waals surface area contributed by atoms with E-state index in [1.165, 1.54) is 30.2 Å². The Morgan fingerprint density at radius 1 is 0.918 bits per heavy atom. The number of benzene rings is 4. The molecule has 0 unspecified atom stereocenters. The van der Waals surface area contributed by atoms with Crippen LogP contribution in [0.4, 0.5) is 5.69 Å². The lowest BCUT2D eigenvalue weighted by Crippen LogP contribution is -2.55. The SMILES string of the molecule is COc1ccc(Cl)cc1N(CC(=O)N(Cc1ccc(Br)cc1)[C@@H](Cc1ccccc1)C(=O)NC1CCCCC1)S(=O)(=O)c1ccc(C)cc1. The molecule has 8 nitrogen and oxygen atoms in total. The van der Waals surface area contributed by atoms with Crippen LogP contribution in [-0.4, -0.2) is 50.9 Å². The van der Waals surface area contributed by atoms with Crippen LogP contribution < -0.4 is 14.4 Å². The van der Waals surface area contributed by atoms with Crippen LogP contribution in [0.25, 0.3) is 0 Å². The maximum atomic E-state index is 14.8. The van der Waals surface area contributed by atoms with E-state index in [0.29, 0.717) is 0 Å². The van der Waals surface area contributed by atoms with Crippen molar-refractivity contribution >= 4 is 55.1 Å². The van der Waals surface area contributed by atoms with Gasteiger partial charge in [0.1, 0.15) is 18.3 Å². The first kappa shape index (κ1) is 36.4. The quantitative estimate of drug-likeness (QED) is 0.151. The fraction of sp³-hybridized carbons (Fsp3) is 0.316. The van der Waals surface area contributed by atoms with Gasteiger partial charge in [-0.15, -0.1) is 0 Å². The molecule has 1 saturated carbocycles. The minimum absolute atomic E-state index is 0.00302. The largest absolute Gasteiger partial charge is 0.495 e. The Kier molecular flexibility index (Phi) is 12.4. The average molecular weight is 767 g/mol. The number of sulfonamides is 1. The summed E-state index contributed by atoms with van der Waals surface area (Å²) in [4.78, 5) is 30.6. The van der Waals surface area contributed by atoms with E-state index in [0.717, 1.165) is 57.6 Å². The van der Waals surface area contributed by atoms with Crippen molar-refractivity contribution in [3.63, 3.8) is 0 Å². The fourth-order valence-corrected chi connectivity index (χ4v) is 7.94. The number of anilines is 1. The number of rotatable bonds is 13. The summed E-state index contributed by atoms with van der Waals surface area (Å²) in [5.41, 5.74) is 2.66. The van der Waals surface area contributed by atoms with Crippen molar-refractivity contribution in [1.29, 1.82) is 0 Å². The number of ether oxygens (including phenoxy) is 1. The predicted octanol–water partition coefficient (Wildman–Crippen LogP) is 7.70. The van der Waals surface area contributed by atoms with Gasteiger partial charge in [0.2, 0.25) is 11.8 Å². The third kappa shape index (κ3) is 9.44. The highest BCUT2D eigenvalue weighted by Crippen LogP contribution is 2.35. The molecule has 1 aliphatic carbocycles. The highest BCUT2D eigenvalue weighted by molar-refractivity contribution is 9.10. The first-order valence-corrected chi connectivity index (χ1v) is 19.0. The Labute approximate surface area is 302 Å². The molecule has 1 N–H and O–H groups in total. The van der Waals surface area contributed by atoms with Gasteiger partial charge < -0.3 is 15.0 Å². The Hall–Kier alpha value is -3.86. The number of carbonyl (C=O) groups excluding carboxylic acids is 2. The lowest BCUT2D eigenvalue weighted by molar-refractivity contribution is -0.140. The minimum Gasteiger partial charge on any atom is -0.495 e. The van der Waals surface area contributed by atoms with Gasteiger partial charge in [0, 0.05) is 28.5 Å². The van der Waals surface area contributed by atoms with Crippen LogP contribution in [0.15, 0.2) is 106 Å². The summed E-state index contributed by atoms with van der Waals surface area (Å²) in [6.45, 7) is 1.33. The number of nitrogens with one attached hydrogen (secondary N) is 1. The van der Waals surface area contributed by atoms with E-state index < -0.39 is 28.5 Å². The van der Waals surface area contributed by atoms with Crippen molar-refractivity contribution in [3.8, 4) is 5.75 Å². The molecule has 0 bridgehead atoms. The van der Waals surface area contributed by atoms with Gasteiger partial charge in [-0.05, 0) is 73.4 Å². The maximum absolute atomic E-state index is 14.8. The molecule has 2 amide bonds. The Morgan fingerprint density at radius 2 is 1.59 bits per heavy atom. The second-order valence-electron chi connectivity index (χ2n) is 12.3. The monoisotopic (exact) mass is 765 g/mol. The molecule has 0 saturated heterocycles. The first-order valence-electron chi connectivity index (χ1n) is 16.4. The summed E-state index contributed by atoms with van der Waals surface area (Å²) in [6, 6.07) is 27.2. The van der Waals surface area contributed by atoms with Crippen molar-refractivity contribution in [3.05, 3.63) is 123 Å². The number of nitrogens with zero attached hydrogens (tertiary/aromatic N) is 2. The highest BCUT2D eigenvalue weighted by atomic mass is 79.9. The number of aryl methyl sites for hydroxylation is 1. The van der Waals surface area contributed by atoms with Crippen LogP contribution >= 0.6 is 27.5 Å². The summed E-state index contributed by atoms with van der Waals surface area (Å²) in [6.07, 6.45) is 5.19. The molecular weight excluding hydrogens is 726 g/mol. The molecule has 0 aliphatic heterocycles. The van der Waals surface area contributed by atoms with Crippen LogP contribution in [-0.2, 0) is 32.6 Å². The van der Waals surface area contributed by atoms with E-state index in [-0.39, 0.29) is 46.3 Å². The number of methoxy groups -OCH3 is 1. The minimum atomic E-state index is -4.31. The van der Waals surface area contributed by atoms with E-state index in [2.05, 4.69) is 21.2 Å². The van der Waals surface area contributed by atoms with Crippen molar-refractivity contribution < 1.29 is 22.7 Å². The second kappa shape index (κ2) is 16.7. The Morgan fingerprint density at radius 3 is 2.24 bits per heavy atom. The van der Waals surface area contributed by atoms with Gasteiger partial charge in [-0.2, -0.15) is 0 Å². The molecule has 1 fully saturated rings. The molecule has 1 atom stereocenters. The van der Waals surface area contributed by atoms with Gasteiger partial charge in [0.25, 0.3) is 10.0 Å². The van der Waals surface area contributed by atoms with Crippen LogP contribution in [0.3, 0.4) is 0 Å². The number of hydrogen-bond donors (Lipinski definition) is 1. The van der Waals surface area contributed by atoms with E-state index >= 15 is 0 Å². The molecule has 4 aromatic carbocycles. The molecule has 4 aromatic rings. The van der Waals surface area contributed by atoms with Gasteiger partial charge in [0.05, 0.1) is 17.7 Å². The summed E-state index contributed by atoms with van der Waals surface area (Å²) in [5.74, 6) is -0.599. The predicted molar refractivity (Wildman–Crippen MR) is 197 cm³/mol. The number of amides is 2. The summed E-state index contributed by atoms with van der Waals surface area (Å²) < 4.78 is 36.3. The Bertz CT molecular complexity index is 1830. The molecule has 0 heterocycles. The van der Waals surface area contributed by atoms with Gasteiger partial charge in [0.15, 0.2) is 0 Å². The molecule has 0 radical (unpaired) electrons. The molecular formula is C38H41BrClN3O5S.